The molecule has 0 unspecified atom stereocenters. The molecular weight excluding hydrogens is 230 g/mol. The maximum atomic E-state index is 4.98. The van der Waals surface area contributed by atoms with Crippen molar-refractivity contribution < 1.29 is 4.52 Å². The smallest absolute Gasteiger partial charge is 0.170 e. The Morgan fingerprint density at radius 1 is 1.53 bits per heavy atom. The molecule has 0 aliphatic rings. The van der Waals surface area contributed by atoms with Crippen molar-refractivity contribution in [2.45, 2.75) is 30.4 Å². The molecule has 0 atom stereocenters. The summed E-state index contributed by atoms with van der Waals surface area (Å²) in [5.41, 5.74) is 0.950. The normalized spacial score (nSPS) is 10.8. The molecule has 2 rings (SSSR count). The quantitative estimate of drug-likeness (QED) is 0.770. The molecule has 0 spiro atoms. The largest absolute Gasteiger partial charge is 0.361 e. The third kappa shape index (κ3) is 2.79. The van der Waals surface area contributed by atoms with Gasteiger partial charge in [0.1, 0.15) is 11.6 Å². The van der Waals surface area contributed by atoms with Crippen molar-refractivity contribution in [3.8, 4) is 0 Å². The molecule has 0 saturated carbocycles. The van der Waals surface area contributed by atoms with Gasteiger partial charge in [-0.3, -0.25) is 0 Å². The third-order valence-corrected chi connectivity index (χ3v) is 3.69. The van der Waals surface area contributed by atoms with Gasteiger partial charge in [0.05, 0.1) is 5.69 Å². The summed E-state index contributed by atoms with van der Waals surface area (Å²) in [7, 11) is 0. The van der Waals surface area contributed by atoms with Gasteiger partial charge in [0.2, 0.25) is 0 Å². The predicted octanol–water partition coefficient (Wildman–Crippen LogP) is 2.69. The van der Waals surface area contributed by atoms with Gasteiger partial charge in [0.25, 0.3) is 0 Å². The van der Waals surface area contributed by atoms with E-state index in [4.69, 9.17) is 4.52 Å². The van der Waals surface area contributed by atoms with Crippen molar-refractivity contribution >= 4 is 23.3 Å². The van der Waals surface area contributed by atoms with Gasteiger partial charge in [0.15, 0.2) is 4.34 Å². The van der Waals surface area contributed by atoms with Crippen LogP contribution in [-0.4, -0.2) is 14.5 Å². The van der Waals surface area contributed by atoms with Crippen LogP contribution < -0.4 is 0 Å². The first-order valence-electron chi connectivity index (χ1n) is 4.65. The van der Waals surface area contributed by atoms with E-state index in [2.05, 4.69) is 21.4 Å². The Morgan fingerprint density at radius 3 is 3.00 bits per heavy atom. The summed E-state index contributed by atoms with van der Waals surface area (Å²) in [5, 5.41) is 3.92. The Morgan fingerprint density at radius 2 is 2.40 bits per heavy atom. The number of hydrogen-bond acceptors (Lipinski definition) is 6. The van der Waals surface area contributed by atoms with Crippen molar-refractivity contribution in [3.05, 3.63) is 23.3 Å². The number of thioether (sulfide) groups is 1. The Bertz CT molecular complexity index is 438. The fourth-order valence-corrected chi connectivity index (χ4v) is 2.64. The van der Waals surface area contributed by atoms with Gasteiger partial charge in [-0.15, -0.1) is 0 Å². The molecule has 0 N–H and O–H groups in total. The monoisotopic (exact) mass is 241 g/mol. The van der Waals surface area contributed by atoms with Crippen molar-refractivity contribution in [2.75, 3.05) is 0 Å². The zero-order chi connectivity index (χ0) is 10.7. The zero-order valence-corrected chi connectivity index (χ0v) is 10.2. The lowest BCUT2D eigenvalue weighted by molar-refractivity contribution is 0.393. The summed E-state index contributed by atoms with van der Waals surface area (Å²) in [6.07, 6.45) is 0.889. The summed E-state index contributed by atoms with van der Waals surface area (Å²) in [6.45, 7) is 3.94. The number of nitrogens with zero attached hydrogens (tertiary/aromatic N) is 3. The molecule has 0 saturated heterocycles. The number of aromatic nitrogens is 3. The highest BCUT2D eigenvalue weighted by molar-refractivity contribution is 8.00. The molecule has 0 aliphatic heterocycles. The van der Waals surface area contributed by atoms with Gasteiger partial charge in [-0.2, -0.15) is 4.37 Å². The second-order valence-corrected chi connectivity index (χ2v) is 5.02. The molecule has 0 bridgehead atoms. The molecule has 2 aromatic rings. The molecule has 4 nitrogen and oxygen atoms in total. The lowest BCUT2D eigenvalue weighted by Crippen LogP contribution is -1.82. The van der Waals surface area contributed by atoms with E-state index in [1.807, 2.05) is 13.0 Å². The number of rotatable bonds is 4. The van der Waals surface area contributed by atoms with Crippen LogP contribution in [0.1, 0.15) is 24.2 Å². The Balaban J connectivity index is 1.93. The fourth-order valence-electron chi connectivity index (χ4n) is 1.06. The van der Waals surface area contributed by atoms with Crippen LogP contribution in [0.3, 0.4) is 0 Å². The lowest BCUT2D eigenvalue weighted by Gasteiger charge is -1.90. The van der Waals surface area contributed by atoms with Gasteiger partial charge in [0, 0.05) is 18.2 Å². The van der Waals surface area contributed by atoms with Gasteiger partial charge in [-0.1, -0.05) is 23.8 Å². The highest BCUT2D eigenvalue weighted by Crippen LogP contribution is 2.24. The molecular formula is C9H11N3OS2. The fraction of sp³-hybridized carbons (Fsp3) is 0.444. The summed E-state index contributed by atoms with van der Waals surface area (Å²) in [5.74, 6) is 2.55. The van der Waals surface area contributed by atoms with Gasteiger partial charge < -0.3 is 4.52 Å². The molecule has 0 radical (unpaired) electrons. The van der Waals surface area contributed by atoms with E-state index < -0.39 is 0 Å². The van der Waals surface area contributed by atoms with Crippen molar-refractivity contribution in [1.82, 2.24) is 14.5 Å². The highest BCUT2D eigenvalue weighted by Gasteiger charge is 2.05. The Kier molecular flexibility index (Phi) is 3.37. The van der Waals surface area contributed by atoms with E-state index >= 15 is 0 Å². The van der Waals surface area contributed by atoms with E-state index in [9.17, 15) is 0 Å². The van der Waals surface area contributed by atoms with Gasteiger partial charge >= 0.3 is 0 Å². The average Bonchev–Trinajstić information content (AvgIpc) is 2.83. The van der Waals surface area contributed by atoms with Crippen LogP contribution in [0.2, 0.25) is 0 Å². The van der Waals surface area contributed by atoms with Crippen LogP contribution in [0.15, 0.2) is 14.9 Å². The molecule has 0 aliphatic carbocycles. The van der Waals surface area contributed by atoms with Crippen molar-refractivity contribution in [3.63, 3.8) is 0 Å². The number of aryl methyl sites for hydroxylation is 2. The first-order valence-corrected chi connectivity index (χ1v) is 6.41. The summed E-state index contributed by atoms with van der Waals surface area (Å²) >= 11 is 3.09. The van der Waals surface area contributed by atoms with Crippen LogP contribution in [0.25, 0.3) is 0 Å². The topological polar surface area (TPSA) is 51.8 Å². The van der Waals surface area contributed by atoms with E-state index in [1.165, 1.54) is 11.5 Å². The molecule has 6 heteroatoms. The van der Waals surface area contributed by atoms with Crippen molar-refractivity contribution in [1.29, 1.82) is 0 Å². The van der Waals surface area contributed by atoms with Gasteiger partial charge in [-0.25, -0.2) is 4.98 Å². The summed E-state index contributed by atoms with van der Waals surface area (Å²) in [6, 6.07) is 1.94. The summed E-state index contributed by atoms with van der Waals surface area (Å²) < 4.78 is 10.2. The lowest BCUT2D eigenvalue weighted by atomic mass is 10.4. The minimum absolute atomic E-state index is 0.787. The highest BCUT2D eigenvalue weighted by atomic mass is 32.2. The molecule has 0 fully saturated rings. The Labute approximate surface area is 96.3 Å². The second kappa shape index (κ2) is 4.76. The maximum absolute atomic E-state index is 4.98. The molecule has 0 amide bonds. The van der Waals surface area contributed by atoms with Crippen LogP contribution >= 0.6 is 23.3 Å². The van der Waals surface area contributed by atoms with E-state index in [1.54, 1.807) is 11.8 Å². The average molecular weight is 241 g/mol. The predicted molar refractivity (Wildman–Crippen MR) is 60.1 cm³/mol. The molecule has 2 heterocycles. The minimum Gasteiger partial charge on any atom is -0.361 e. The standard InChI is InChI=1S/C9H11N3OS2/c1-3-8-10-9(15-12-8)14-5-7-4-6(2)13-11-7/h4H,3,5H2,1-2H3. The zero-order valence-electron chi connectivity index (χ0n) is 8.56. The van der Waals surface area contributed by atoms with Gasteiger partial charge in [-0.05, 0) is 18.5 Å². The second-order valence-electron chi connectivity index (χ2n) is 3.05. The molecule has 2 aromatic heterocycles. The van der Waals surface area contributed by atoms with Crippen LogP contribution in [-0.2, 0) is 12.2 Å². The number of hydrogen-bond donors (Lipinski definition) is 0. The summed E-state index contributed by atoms with van der Waals surface area (Å²) in [4.78, 5) is 4.36. The van der Waals surface area contributed by atoms with E-state index in [0.29, 0.717) is 0 Å². The third-order valence-electron chi connectivity index (χ3n) is 1.79. The van der Waals surface area contributed by atoms with Crippen LogP contribution in [0.4, 0.5) is 0 Å². The molecule has 15 heavy (non-hydrogen) atoms. The maximum Gasteiger partial charge on any atom is 0.170 e. The molecule has 80 valence electrons. The molecule has 0 aromatic carbocycles. The SMILES string of the molecule is CCc1nsc(SCc2cc(C)on2)n1. The van der Waals surface area contributed by atoms with Crippen LogP contribution in [0.5, 0.6) is 0 Å². The van der Waals surface area contributed by atoms with Crippen LogP contribution in [0, 0.1) is 6.92 Å². The van der Waals surface area contributed by atoms with Crippen molar-refractivity contribution in [2.24, 2.45) is 0 Å². The minimum atomic E-state index is 0.787. The first kappa shape index (κ1) is 10.6. The first-order chi connectivity index (χ1) is 7.28. The van der Waals surface area contributed by atoms with E-state index in [0.717, 1.165) is 33.8 Å². The Hall–Kier alpha value is -0.880. The van der Waals surface area contributed by atoms with E-state index in [-0.39, 0.29) is 0 Å².